The van der Waals surface area contributed by atoms with Crippen LogP contribution in [0.3, 0.4) is 0 Å². The number of ether oxygens (including phenoxy) is 1. The van der Waals surface area contributed by atoms with Gasteiger partial charge in [0.05, 0.1) is 7.11 Å². The molecule has 0 bridgehead atoms. The third-order valence-corrected chi connectivity index (χ3v) is 4.15. The van der Waals surface area contributed by atoms with Gasteiger partial charge in [-0.3, -0.25) is 9.69 Å². The number of methoxy groups -OCH3 is 1. The highest BCUT2D eigenvalue weighted by atomic mass is 16.5. The predicted molar refractivity (Wildman–Crippen MR) is 81.6 cm³/mol. The molecule has 1 N–H and O–H groups in total. The minimum absolute atomic E-state index is 0.337. The van der Waals surface area contributed by atoms with Gasteiger partial charge in [0.1, 0.15) is 11.8 Å². The summed E-state index contributed by atoms with van der Waals surface area (Å²) >= 11 is 0. The van der Waals surface area contributed by atoms with E-state index >= 15 is 0 Å². The molecular weight excluding hydrogens is 266 g/mol. The number of likely N-dealkylation sites (tertiary alicyclic amines) is 1. The van der Waals surface area contributed by atoms with Crippen molar-refractivity contribution < 1.29 is 14.6 Å². The third kappa shape index (κ3) is 2.85. The van der Waals surface area contributed by atoms with Gasteiger partial charge in [-0.05, 0) is 53.9 Å². The van der Waals surface area contributed by atoms with Crippen molar-refractivity contribution in [1.82, 2.24) is 4.90 Å². The number of aliphatic carboxylic acids is 1. The van der Waals surface area contributed by atoms with Crippen LogP contribution in [0.2, 0.25) is 0 Å². The maximum Gasteiger partial charge on any atom is 0.320 e. The fourth-order valence-electron chi connectivity index (χ4n) is 3.03. The van der Waals surface area contributed by atoms with E-state index in [9.17, 15) is 9.90 Å². The monoisotopic (exact) mass is 285 g/mol. The maximum absolute atomic E-state index is 11.2. The van der Waals surface area contributed by atoms with E-state index in [0.717, 1.165) is 41.5 Å². The van der Waals surface area contributed by atoms with Crippen LogP contribution in [0.15, 0.2) is 36.4 Å². The molecule has 1 aliphatic heterocycles. The molecule has 4 heteroatoms. The molecule has 21 heavy (non-hydrogen) atoms. The Balaban J connectivity index is 1.83. The van der Waals surface area contributed by atoms with Crippen molar-refractivity contribution in [2.24, 2.45) is 0 Å². The first-order chi connectivity index (χ1) is 10.2. The second-order valence-electron chi connectivity index (χ2n) is 5.51. The Bertz CT molecular complexity index is 668. The van der Waals surface area contributed by atoms with Crippen molar-refractivity contribution in [3.63, 3.8) is 0 Å². The van der Waals surface area contributed by atoms with Gasteiger partial charge in [0, 0.05) is 6.54 Å². The summed E-state index contributed by atoms with van der Waals surface area (Å²) in [6.07, 6.45) is 1.71. The zero-order valence-corrected chi connectivity index (χ0v) is 12.1. The lowest BCUT2D eigenvalue weighted by molar-refractivity contribution is -0.142. The average Bonchev–Trinajstić information content (AvgIpc) is 2.95. The van der Waals surface area contributed by atoms with Crippen LogP contribution in [0.5, 0.6) is 5.75 Å². The molecule has 0 spiro atoms. The van der Waals surface area contributed by atoms with Crippen LogP contribution in [0.4, 0.5) is 0 Å². The van der Waals surface area contributed by atoms with Crippen LogP contribution in [0.1, 0.15) is 18.4 Å². The van der Waals surface area contributed by atoms with Gasteiger partial charge in [-0.15, -0.1) is 0 Å². The van der Waals surface area contributed by atoms with Crippen LogP contribution in [0.25, 0.3) is 10.8 Å². The zero-order valence-electron chi connectivity index (χ0n) is 12.1. The molecule has 0 amide bonds. The summed E-state index contributed by atoms with van der Waals surface area (Å²) in [5, 5.41) is 11.5. The molecule has 2 aromatic carbocycles. The fourth-order valence-corrected chi connectivity index (χ4v) is 3.03. The smallest absolute Gasteiger partial charge is 0.320 e. The zero-order chi connectivity index (χ0) is 14.8. The van der Waals surface area contributed by atoms with Crippen LogP contribution in [-0.4, -0.2) is 35.7 Å². The van der Waals surface area contributed by atoms with Crippen LogP contribution >= 0.6 is 0 Å². The molecule has 0 aromatic heterocycles. The molecule has 1 saturated heterocycles. The Kier molecular flexibility index (Phi) is 3.80. The second-order valence-corrected chi connectivity index (χ2v) is 5.51. The molecule has 1 heterocycles. The third-order valence-electron chi connectivity index (χ3n) is 4.15. The normalized spacial score (nSPS) is 19.0. The fraction of sp³-hybridized carbons (Fsp3) is 0.353. The molecule has 0 aliphatic carbocycles. The predicted octanol–water partition coefficient (Wildman–Crippen LogP) is 2.90. The van der Waals surface area contributed by atoms with Gasteiger partial charge in [-0.1, -0.05) is 18.2 Å². The molecule has 0 saturated carbocycles. The van der Waals surface area contributed by atoms with Crippen molar-refractivity contribution in [3.8, 4) is 5.75 Å². The van der Waals surface area contributed by atoms with E-state index in [0.29, 0.717) is 6.54 Å². The molecule has 1 atom stereocenters. The van der Waals surface area contributed by atoms with Crippen molar-refractivity contribution in [2.45, 2.75) is 25.4 Å². The van der Waals surface area contributed by atoms with Gasteiger partial charge in [0.2, 0.25) is 0 Å². The molecular formula is C17H19NO3. The molecule has 1 aliphatic rings. The summed E-state index contributed by atoms with van der Waals surface area (Å²) in [6.45, 7) is 1.55. The molecule has 2 aromatic rings. The number of carboxylic acid groups (broad SMARTS) is 1. The van der Waals surface area contributed by atoms with E-state index in [1.807, 2.05) is 23.1 Å². The van der Waals surface area contributed by atoms with Crippen molar-refractivity contribution in [3.05, 3.63) is 42.0 Å². The van der Waals surface area contributed by atoms with Crippen LogP contribution in [-0.2, 0) is 11.3 Å². The lowest BCUT2D eigenvalue weighted by Crippen LogP contribution is -2.35. The number of hydrogen-bond donors (Lipinski definition) is 1. The van der Waals surface area contributed by atoms with E-state index < -0.39 is 5.97 Å². The van der Waals surface area contributed by atoms with Gasteiger partial charge >= 0.3 is 5.97 Å². The van der Waals surface area contributed by atoms with E-state index in [1.165, 1.54) is 0 Å². The molecule has 110 valence electrons. The molecule has 4 nitrogen and oxygen atoms in total. The number of fused-ring (bicyclic) bond motifs is 1. The number of rotatable bonds is 4. The van der Waals surface area contributed by atoms with Gasteiger partial charge < -0.3 is 9.84 Å². The Labute approximate surface area is 123 Å². The van der Waals surface area contributed by atoms with E-state index in [4.69, 9.17) is 4.74 Å². The quantitative estimate of drug-likeness (QED) is 0.938. The first-order valence-corrected chi connectivity index (χ1v) is 7.21. The number of carboxylic acids is 1. The average molecular weight is 285 g/mol. The minimum Gasteiger partial charge on any atom is -0.497 e. The SMILES string of the molecule is COc1ccc2cc(CN3CCCC3C(=O)O)ccc2c1. The highest BCUT2D eigenvalue weighted by Crippen LogP contribution is 2.24. The number of carbonyl (C=O) groups is 1. The largest absolute Gasteiger partial charge is 0.497 e. The highest BCUT2D eigenvalue weighted by Gasteiger charge is 2.30. The van der Waals surface area contributed by atoms with Crippen molar-refractivity contribution >= 4 is 16.7 Å². The minimum atomic E-state index is -0.710. The number of nitrogens with zero attached hydrogens (tertiary/aromatic N) is 1. The lowest BCUT2D eigenvalue weighted by atomic mass is 10.1. The second kappa shape index (κ2) is 5.74. The summed E-state index contributed by atoms with van der Waals surface area (Å²) in [5.74, 6) is 0.138. The van der Waals surface area contributed by atoms with E-state index in [1.54, 1.807) is 7.11 Å². The number of benzene rings is 2. The summed E-state index contributed by atoms with van der Waals surface area (Å²) in [4.78, 5) is 13.3. The van der Waals surface area contributed by atoms with Crippen LogP contribution in [0, 0.1) is 0 Å². The summed E-state index contributed by atoms with van der Waals surface area (Å²) < 4.78 is 5.23. The molecule has 1 unspecified atom stereocenters. The van der Waals surface area contributed by atoms with Gasteiger partial charge in [-0.25, -0.2) is 0 Å². The van der Waals surface area contributed by atoms with Crippen LogP contribution < -0.4 is 4.74 Å². The van der Waals surface area contributed by atoms with Gasteiger partial charge in [0.15, 0.2) is 0 Å². The Morgan fingerprint density at radius 2 is 2.05 bits per heavy atom. The van der Waals surface area contributed by atoms with Gasteiger partial charge in [-0.2, -0.15) is 0 Å². The Hall–Kier alpha value is -2.07. The first-order valence-electron chi connectivity index (χ1n) is 7.21. The van der Waals surface area contributed by atoms with Gasteiger partial charge in [0.25, 0.3) is 0 Å². The summed E-state index contributed by atoms with van der Waals surface area (Å²) in [7, 11) is 1.66. The number of hydrogen-bond acceptors (Lipinski definition) is 3. The van der Waals surface area contributed by atoms with E-state index in [-0.39, 0.29) is 6.04 Å². The molecule has 1 fully saturated rings. The molecule has 0 radical (unpaired) electrons. The summed E-state index contributed by atoms with van der Waals surface area (Å²) in [5.41, 5.74) is 1.15. The van der Waals surface area contributed by atoms with Crippen molar-refractivity contribution in [1.29, 1.82) is 0 Å². The topological polar surface area (TPSA) is 49.8 Å². The first kappa shape index (κ1) is 13.9. The van der Waals surface area contributed by atoms with Crippen molar-refractivity contribution in [2.75, 3.05) is 13.7 Å². The Morgan fingerprint density at radius 3 is 2.81 bits per heavy atom. The van der Waals surface area contributed by atoms with E-state index in [2.05, 4.69) is 18.2 Å². The lowest BCUT2D eigenvalue weighted by Gasteiger charge is -2.21. The Morgan fingerprint density at radius 1 is 1.29 bits per heavy atom. The summed E-state index contributed by atoms with van der Waals surface area (Å²) in [6, 6.07) is 11.9. The molecule has 3 rings (SSSR count). The standard InChI is InChI=1S/C17H19NO3/c1-21-15-7-6-13-9-12(4-5-14(13)10-15)11-18-8-2-3-16(18)17(19)20/h4-7,9-10,16H,2-3,8,11H2,1H3,(H,19,20). The maximum atomic E-state index is 11.2. The highest BCUT2D eigenvalue weighted by molar-refractivity contribution is 5.84.